The van der Waals surface area contributed by atoms with Crippen molar-refractivity contribution in [3.63, 3.8) is 0 Å². The average molecular weight is 340 g/mol. The molecule has 0 aromatic carbocycles. The van der Waals surface area contributed by atoms with E-state index in [1.807, 2.05) is 13.0 Å². The van der Waals surface area contributed by atoms with Crippen LogP contribution < -0.4 is 5.32 Å². The first kappa shape index (κ1) is 16.4. The third-order valence-electron chi connectivity index (χ3n) is 4.98. The van der Waals surface area contributed by atoms with Gasteiger partial charge in [-0.05, 0) is 32.7 Å². The molecule has 0 saturated carbocycles. The highest BCUT2D eigenvalue weighted by Gasteiger charge is 2.31. The zero-order valence-corrected chi connectivity index (χ0v) is 14.6. The summed E-state index contributed by atoms with van der Waals surface area (Å²) in [6.45, 7) is 5.95. The Morgan fingerprint density at radius 2 is 2.00 bits per heavy atom. The molecular formula is C18H24N6O. The Bertz CT molecular complexity index is 704. The average Bonchev–Trinajstić information content (AvgIpc) is 3.13. The highest BCUT2D eigenvalue weighted by atomic mass is 16.5. The summed E-state index contributed by atoms with van der Waals surface area (Å²) in [4.78, 5) is 20.4. The van der Waals surface area contributed by atoms with E-state index in [4.69, 9.17) is 14.7 Å². The summed E-state index contributed by atoms with van der Waals surface area (Å²) in [6.07, 6.45) is 8.41. The normalized spacial score (nSPS) is 22.2. The maximum absolute atomic E-state index is 5.49. The van der Waals surface area contributed by atoms with Gasteiger partial charge in [0.25, 0.3) is 0 Å². The van der Waals surface area contributed by atoms with Crippen LogP contribution in [-0.4, -0.2) is 57.2 Å². The van der Waals surface area contributed by atoms with Gasteiger partial charge in [0, 0.05) is 55.9 Å². The molecule has 1 atom stereocenters. The van der Waals surface area contributed by atoms with Gasteiger partial charge in [-0.25, -0.2) is 15.0 Å². The zero-order valence-electron chi connectivity index (χ0n) is 14.6. The zero-order chi connectivity index (χ0) is 17.1. The lowest BCUT2D eigenvalue weighted by atomic mass is 10.1. The van der Waals surface area contributed by atoms with E-state index in [0.29, 0.717) is 17.8 Å². The van der Waals surface area contributed by atoms with Crippen LogP contribution in [0.1, 0.15) is 36.7 Å². The minimum Gasteiger partial charge on any atom is -0.381 e. The van der Waals surface area contributed by atoms with Crippen LogP contribution in [0.5, 0.6) is 0 Å². The molecule has 7 heteroatoms. The van der Waals surface area contributed by atoms with Crippen molar-refractivity contribution in [1.82, 2.24) is 24.8 Å². The van der Waals surface area contributed by atoms with Crippen LogP contribution in [0.3, 0.4) is 0 Å². The number of likely N-dealkylation sites (tertiary alicyclic amines) is 1. The van der Waals surface area contributed by atoms with Gasteiger partial charge in [0.15, 0.2) is 0 Å². The quantitative estimate of drug-likeness (QED) is 0.915. The van der Waals surface area contributed by atoms with Crippen molar-refractivity contribution in [1.29, 1.82) is 0 Å². The van der Waals surface area contributed by atoms with Gasteiger partial charge in [0.2, 0.25) is 0 Å². The lowest BCUT2D eigenvalue weighted by Gasteiger charge is -2.30. The number of nitrogens with one attached hydrogen (secondary N) is 1. The van der Waals surface area contributed by atoms with Crippen molar-refractivity contribution in [2.75, 3.05) is 31.6 Å². The highest BCUT2D eigenvalue weighted by molar-refractivity contribution is 5.50. The topological polar surface area (TPSA) is 76.1 Å². The third kappa shape index (κ3) is 3.93. The molecular weight excluding hydrogens is 316 g/mol. The van der Waals surface area contributed by atoms with Crippen LogP contribution in [0.25, 0.3) is 0 Å². The van der Waals surface area contributed by atoms with E-state index in [9.17, 15) is 0 Å². The maximum atomic E-state index is 5.49. The predicted molar refractivity (Wildman–Crippen MR) is 94.9 cm³/mol. The van der Waals surface area contributed by atoms with E-state index >= 15 is 0 Å². The molecule has 2 aliphatic rings. The van der Waals surface area contributed by atoms with E-state index in [-0.39, 0.29) is 0 Å². The number of nitrogens with zero attached hydrogens (tertiary/aromatic N) is 5. The first-order chi connectivity index (χ1) is 12.3. The van der Waals surface area contributed by atoms with Gasteiger partial charge in [-0.15, -0.1) is 0 Å². The van der Waals surface area contributed by atoms with Gasteiger partial charge in [0.1, 0.15) is 17.5 Å². The van der Waals surface area contributed by atoms with Crippen LogP contribution >= 0.6 is 0 Å². The third-order valence-corrected chi connectivity index (χ3v) is 4.98. The largest absolute Gasteiger partial charge is 0.381 e. The Balaban J connectivity index is 1.47. The van der Waals surface area contributed by atoms with Crippen molar-refractivity contribution >= 4 is 11.6 Å². The standard InChI is InChI=1S/C18H24N6O/c1-13-10-16(22-17-11-19-5-6-20-17)23-18(21-13)14-2-7-24(12-14)15-3-8-25-9-4-15/h5-6,10-11,14-15H,2-4,7-9,12H2,1H3,(H,20,21,22,23). The molecule has 1 N–H and O–H groups in total. The second-order valence-electron chi connectivity index (χ2n) is 6.79. The van der Waals surface area contributed by atoms with Crippen LogP contribution in [0.2, 0.25) is 0 Å². The fraction of sp³-hybridized carbons (Fsp3) is 0.556. The Morgan fingerprint density at radius 3 is 2.80 bits per heavy atom. The molecule has 0 bridgehead atoms. The summed E-state index contributed by atoms with van der Waals surface area (Å²) in [5.74, 6) is 2.81. The smallest absolute Gasteiger partial charge is 0.150 e. The number of aryl methyl sites for hydroxylation is 1. The number of rotatable bonds is 4. The minimum absolute atomic E-state index is 0.394. The summed E-state index contributed by atoms with van der Waals surface area (Å²) < 4.78 is 5.49. The van der Waals surface area contributed by atoms with Gasteiger partial charge >= 0.3 is 0 Å². The SMILES string of the molecule is Cc1cc(Nc2cnccn2)nc(C2CCN(C3CCOCC3)C2)n1. The second kappa shape index (κ2) is 7.41. The highest BCUT2D eigenvalue weighted by Crippen LogP contribution is 2.29. The predicted octanol–water partition coefficient (Wildman–Crippen LogP) is 2.29. The lowest BCUT2D eigenvalue weighted by molar-refractivity contribution is 0.0419. The molecule has 4 heterocycles. The number of hydrogen-bond donors (Lipinski definition) is 1. The van der Waals surface area contributed by atoms with Gasteiger partial charge in [-0.3, -0.25) is 9.88 Å². The molecule has 0 radical (unpaired) electrons. The molecule has 0 amide bonds. The Kier molecular flexibility index (Phi) is 4.85. The lowest BCUT2D eigenvalue weighted by Crippen LogP contribution is -2.37. The molecule has 0 spiro atoms. The van der Waals surface area contributed by atoms with Gasteiger partial charge in [-0.1, -0.05) is 0 Å². The minimum atomic E-state index is 0.394. The van der Waals surface area contributed by atoms with Gasteiger partial charge in [0.05, 0.1) is 6.20 Å². The summed E-state index contributed by atoms with van der Waals surface area (Å²) in [7, 11) is 0. The number of hydrogen-bond acceptors (Lipinski definition) is 7. The molecule has 2 fully saturated rings. The molecule has 0 aliphatic carbocycles. The molecule has 4 rings (SSSR count). The summed E-state index contributed by atoms with van der Waals surface area (Å²) >= 11 is 0. The van der Waals surface area contributed by atoms with Crippen LogP contribution in [-0.2, 0) is 4.74 Å². The van der Waals surface area contributed by atoms with Crippen molar-refractivity contribution in [2.24, 2.45) is 0 Å². The maximum Gasteiger partial charge on any atom is 0.150 e. The molecule has 7 nitrogen and oxygen atoms in total. The van der Waals surface area contributed by atoms with Crippen molar-refractivity contribution < 1.29 is 4.74 Å². The Labute approximate surface area is 147 Å². The van der Waals surface area contributed by atoms with Gasteiger partial charge in [-0.2, -0.15) is 0 Å². The van der Waals surface area contributed by atoms with E-state index in [0.717, 1.165) is 62.9 Å². The first-order valence-electron chi connectivity index (χ1n) is 8.98. The van der Waals surface area contributed by atoms with Crippen molar-refractivity contribution in [2.45, 2.75) is 38.1 Å². The number of anilines is 2. The van der Waals surface area contributed by atoms with Crippen LogP contribution in [0.15, 0.2) is 24.7 Å². The first-order valence-corrected chi connectivity index (χ1v) is 8.98. The van der Waals surface area contributed by atoms with Crippen molar-refractivity contribution in [3.05, 3.63) is 36.2 Å². The second-order valence-corrected chi connectivity index (χ2v) is 6.79. The fourth-order valence-electron chi connectivity index (χ4n) is 3.71. The van der Waals surface area contributed by atoms with E-state index in [1.165, 1.54) is 0 Å². The molecule has 2 saturated heterocycles. The molecule has 2 aromatic rings. The summed E-state index contributed by atoms with van der Waals surface area (Å²) in [5, 5.41) is 3.23. The summed E-state index contributed by atoms with van der Waals surface area (Å²) in [5.41, 5.74) is 0.973. The Morgan fingerprint density at radius 1 is 1.12 bits per heavy atom. The fourth-order valence-corrected chi connectivity index (χ4v) is 3.71. The molecule has 132 valence electrons. The van der Waals surface area contributed by atoms with E-state index < -0.39 is 0 Å². The molecule has 25 heavy (non-hydrogen) atoms. The summed E-state index contributed by atoms with van der Waals surface area (Å²) in [6, 6.07) is 2.60. The Hall–Kier alpha value is -2.12. The molecule has 2 aromatic heterocycles. The number of aromatic nitrogens is 4. The van der Waals surface area contributed by atoms with Crippen molar-refractivity contribution in [3.8, 4) is 0 Å². The molecule has 2 aliphatic heterocycles. The monoisotopic (exact) mass is 340 g/mol. The van der Waals surface area contributed by atoms with Crippen LogP contribution in [0, 0.1) is 6.92 Å². The van der Waals surface area contributed by atoms with E-state index in [2.05, 4.69) is 20.2 Å². The van der Waals surface area contributed by atoms with Crippen LogP contribution in [0.4, 0.5) is 11.6 Å². The van der Waals surface area contributed by atoms with E-state index in [1.54, 1.807) is 18.6 Å². The number of ether oxygens (including phenoxy) is 1. The molecule has 1 unspecified atom stereocenters. The van der Waals surface area contributed by atoms with Gasteiger partial charge < -0.3 is 10.1 Å².